The number of nitrogens with one attached hydrogen (secondary N) is 2. The number of carbonyl (C=O) groups is 2. The van der Waals surface area contributed by atoms with E-state index in [4.69, 9.17) is 5.73 Å². The van der Waals surface area contributed by atoms with Gasteiger partial charge in [-0.1, -0.05) is 0 Å². The van der Waals surface area contributed by atoms with Gasteiger partial charge in [0.05, 0.1) is 5.54 Å². The van der Waals surface area contributed by atoms with Crippen molar-refractivity contribution in [3.05, 3.63) is 29.3 Å². The normalized spacial score (nSPS) is 11.0. The summed E-state index contributed by atoms with van der Waals surface area (Å²) in [6.07, 6.45) is 0. The van der Waals surface area contributed by atoms with Gasteiger partial charge >= 0.3 is 0 Å². The van der Waals surface area contributed by atoms with Crippen LogP contribution in [0.1, 0.15) is 36.7 Å². The Hall–Kier alpha value is -1.88. The summed E-state index contributed by atoms with van der Waals surface area (Å²) in [4.78, 5) is 23.5. The second-order valence-electron chi connectivity index (χ2n) is 5.06. The van der Waals surface area contributed by atoms with Crippen molar-refractivity contribution in [3.63, 3.8) is 0 Å². The van der Waals surface area contributed by atoms with Crippen LogP contribution in [0.5, 0.6) is 0 Å². The van der Waals surface area contributed by atoms with E-state index in [-0.39, 0.29) is 11.8 Å². The molecule has 1 aromatic carbocycles. The third-order valence-electron chi connectivity index (χ3n) is 2.66. The predicted octanol–water partition coefficient (Wildman–Crippen LogP) is 1.42. The number of carbonyl (C=O) groups excluding carboxylic acids is 2. The standard InChI is InChI=1S/C14H21N3O2/c1-5-16-12(18)10-6-7-11(9(2)8-10)17-13(19)14(3,4)15/h6-8H,5,15H2,1-4H3,(H,16,18)(H,17,19). The van der Waals surface area contributed by atoms with Gasteiger partial charge in [-0.05, 0) is 51.5 Å². The highest BCUT2D eigenvalue weighted by Gasteiger charge is 2.22. The van der Waals surface area contributed by atoms with E-state index < -0.39 is 5.54 Å². The van der Waals surface area contributed by atoms with Crippen molar-refractivity contribution in [2.45, 2.75) is 33.2 Å². The van der Waals surface area contributed by atoms with Crippen LogP contribution < -0.4 is 16.4 Å². The molecular formula is C14H21N3O2. The Labute approximate surface area is 113 Å². The fourth-order valence-electron chi connectivity index (χ4n) is 1.49. The lowest BCUT2D eigenvalue weighted by molar-refractivity contribution is -0.120. The predicted molar refractivity (Wildman–Crippen MR) is 76.1 cm³/mol. The third-order valence-corrected chi connectivity index (χ3v) is 2.66. The second-order valence-corrected chi connectivity index (χ2v) is 5.06. The minimum absolute atomic E-state index is 0.123. The molecular weight excluding hydrogens is 242 g/mol. The Bertz CT molecular complexity index is 490. The van der Waals surface area contributed by atoms with Crippen LogP contribution >= 0.6 is 0 Å². The Morgan fingerprint density at radius 1 is 1.32 bits per heavy atom. The quantitative estimate of drug-likeness (QED) is 0.768. The Kier molecular flexibility index (Phi) is 4.67. The van der Waals surface area contributed by atoms with Crippen molar-refractivity contribution in [2.24, 2.45) is 5.73 Å². The Balaban J connectivity index is 2.89. The molecule has 5 nitrogen and oxygen atoms in total. The van der Waals surface area contributed by atoms with Crippen molar-refractivity contribution in [3.8, 4) is 0 Å². The number of rotatable bonds is 4. The zero-order chi connectivity index (χ0) is 14.6. The molecule has 0 fully saturated rings. The van der Waals surface area contributed by atoms with E-state index in [1.807, 2.05) is 13.8 Å². The molecule has 0 aliphatic rings. The molecule has 0 spiro atoms. The fourth-order valence-corrected chi connectivity index (χ4v) is 1.49. The van der Waals surface area contributed by atoms with Gasteiger partial charge in [0.1, 0.15) is 0 Å². The number of hydrogen-bond acceptors (Lipinski definition) is 3. The maximum Gasteiger partial charge on any atom is 0.251 e. The van der Waals surface area contributed by atoms with Crippen molar-refractivity contribution in [1.29, 1.82) is 0 Å². The zero-order valence-corrected chi connectivity index (χ0v) is 11.8. The van der Waals surface area contributed by atoms with Gasteiger partial charge in [0.15, 0.2) is 0 Å². The molecule has 2 amide bonds. The number of hydrogen-bond donors (Lipinski definition) is 3. The van der Waals surface area contributed by atoms with E-state index in [1.165, 1.54) is 0 Å². The molecule has 19 heavy (non-hydrogen) atoms. The molecule has 0 heterocycles. The van der Waals surface area contributed by atoms with Crippen LogP contribution in [0, 0.1) is 6.92 Å². The maximum atomic E-state index is 11.8. The molecule has 104 valence electrons. The van der Waals surface area contributed by atoms with Crippen molar-refractivity contribution < 1.29 is 9.59 Å². The highest BCUT2D eigenvalue weighted by molar-refractivity contribution is 5.99. The summed E-state index contributed by atoms with van der Waals surface area (Å²) in [5, 5.41) is 5.48. The number of amides is 2. The van der Waals surface area contributed by atoms with Gasteiger partial charge < -0.3 is 16.4 Å². The summed E-state index contributed by atoms with van der Waals surface area (Å²) in [5.74, 6) is -0.385. The maximum absolute atomic E-state index is 11.8. The van der Waals surface area contributed by atoms with Crippen LogP contribution in [0.2, 0.25) is 0 Å². The highest BCUT2D eigenvalue weighted by Crippen LogP contribution is 2.17. The fraction of sp³-hybridized carbons (Fsp3) is 0.429. The Morgan fingerprint density at radius 3 is 2.42 bits per heavy atom. The van der Waals surface area contributed by atoms with Crippen LogP contribution in [0.4, 0.5) is 5.69 Å². The first-order valence-corrected chi connectivity index (χ1v) is 6.25. The first-order valence-electron chi connectivity index (χ1n) is 6.25. The molecule has 0 aliphatic carbocycles. The van der Waals surface area contributed by atoms with Gasteiger partial charge in [-0.25, -0.2) is 0 Å². The van der Waals surface area contributed by atoms with Gasteiger partial charge in [-0.2, -0.15) is 0 Å². The molecule has 0 radical (unpaired) electrons. The number of nitrogens with two attached hydrogens (primary N) is 1. The van der Waals surface area contributed by atoms with Crippen LogP contribution in [0.3, 0.4) is 0 Å². The van der Waals surface area contributed by atoms with Crippen molar-refractivity contribution >= 4 is 17.5 Å². The minimum atomic E-state index is -0.940. The molecule has 0 atom stereocenters. The van der Waals surface area contributed by atoms with Gasteiger partial charge in [0.25, 0.3) is 5.91 Å². The van der Waals surface area contributed by atoms with E-state index in [2.05, 4.69) is 10.6 Å². The molecule has 1 rings (SSSR count). The van der Waals surface area contributed by atoms with Gasteiger partial charge in [-0.3, -0.25) is 9.59 Å². The smallest absolute Gasteiger partial charge is 0.251 e. The molecule has 1 aromatic rings. The lowest BCUT2D eigenvalue weighted by Crippen LogP contribution is -2.45. The van der Waals surface area contributed by atoms with Crippen LogP contribution in [0.25, 0.3) is 0 Å². The largest absolute Gasteiger partial charge is 0.352 e. The van der Waals surface area contributed by atoms with Crippen LogP contribution in [0.15, 0.2) is 18.2 Å². The van der Waals surface area contributed by atoms with E-state index in [0.717, 1.165) is 5.56 Å². The first kappa shape index (κ1) is 15.2. The summed E-state index contributed by atoms with van der Waals surface area (Å²) < 4.78 is 0. The summed E-state index contributed by atoms with van der Waals surface area (Å²) in [7, 11) is 0. The van der Waals surface area contributed by atoms with Crippen molar-refractivity contribution in [1.82, 2.24) is 5.32 Å². The SMILES string of the molecule is CCNC(=O)c1ccc(NC(=O)C(C)(C)N)c(C)c1. The molecule has 0 aliphatic heterocycles. The molecule has 0 saturated heterocycles. The minimum Gasteiger partial charge on any atom is -0.352 e. The highest BCUT2D eigenvalue weighted by atomic mass is 16.2. The summed E-state index contributed by atoms with van der Waals surface area (Å²) in [5.41, 5.74) is 6.84. The molecule has 5 heteroatoms. The Morgan fingerprint density at radius 2 is 1.95 bits per heavy atom. The summed E-state index contributed by atoms with van der Waals surface area (Å²) in [6.45, 7) is 7.56. The lowest BCUT2D eigenvalue weighted by atomic mass is 10.0. The van der Waals surface area contributed by atoms with E-state index in [0.29, 0.717) is 17.8 Å². The van der Waals surface area contributed by atoms with Crippen molar-refractivity contribution in [2.75, 3.05) is 11.9 Å². The third kappa shape index (κ3) is 4.06. The lowest BCUT2D eigenvalue weighted by Gasteiger charge is -2.19. The van der Waals surface area contributed by atoms with Gasteiger partial charge in [0.2, 0.25) is 5.91 Å². The number of anilines is 1. The summed E-state index contributed by atoms with van der Waals surface area (Å²) >= 11 is 0. The summed E-state index contributed by atoms with van der Waals surface area (Å²) in [6, 6.07) is 5.13. The molecule has 0 bridgehead atoms. The monoisotopic (exact) mass is 263 g/mol. The average Bonchev–Trinajstić information content (AvgIpc) is 2.30. The van der Waals surface area contributed by atoms with E-state index in [9.17, 15) is 9.59 Å². The van der Waals surface area contributed by atoms with E-state index >= 15 is 0 Å². The molecule has 0 aromatic heterocycles. The second kappa shape index (κ2) is 5.84. The van der Waals surface area contributed by atoms with Gasteiger partial charge in [0, 0.05) is 17.8 Å². The topological polar surface area (TPSA) is 84.2 Å². The van der Waals surface area contributed by atoms with E-state index in [1.54, 1.807) is 32.0 Å². The number of aryl methyl sites for hydroxylation is 1. The average molecular weight is 263 g/mol. The molecule has 4 N–H and O–H groups in total. The van der Waals surface area contributed by atoms with Gasteiger partial charge in [-0.15, -0.1) is 0 Å². The van der Waals surface area contributed by atoms with Crippen LogP contribution in [-0.4, -0.2) is 23.9 Å². The van der Waals surface area contributed by atoms with Crippen LogP contribution in [-0.2, 0) is 4.79 Å². The first-order chi connectivity index (χ1) is 8.75. The number of benzene rings is 1. The zero-order valence-electron chi connectivity index (χ0n) is 11.8. The molecule has 0 saturated carbocycles. The molecule has 0 unspecified atom stereocenters.